The number of rotatable bonds is 6. The summed E-state index contributed by atoms with van der Waals surface area (Å²) in [6.45, 7) is 12.1. The zero-order valence-corrected chi connectivity index (χ0v) is 13.4. The molecule has 114 valence electrons. The summed E-state index contributed by atoms with van der Waals surface area (Å²) in [5.41, 5.74) is 0. The molecule has 2 heterocycles. The fourth-order valence-corrected chi connectivity index (χ4v) is 2.83. The Kier molecular flexibility index (Phi) is 5.54. The molecule has 0 amide bonds. The van der Waals surface area contributed by atoms with E-state index in [1.807, 2.05) is 6.92 Å². The summed E-state index contributed by atoms with van der Waals surface area (Å²) >= 11 is 0. The largest absolute Gasteiger partial charge is 0.317 e. The van der Waals surface area contributed by atoms with Gasteiger partial charge in [0.25, 0.3) is 0 Å². The van der Waals surface area contributed by atoms with E-state index in [2.05, 4.69) is 45.9 Å². The number of hydrogen-bond acceptors (Lipinski definition) is 4. The van der Waals surface area contributed by atoms with Crippen molar-refractivity contribution in [2.45, 2.75) is 40.2 Å². The van der Waals surface area contributed by atoms with E-state index in [9.17, 15) is 0 Å². The first kappa shape index (κ1) is 15.4. The van der Waals surface area contributed by atoms with Crippen molar-refractivity contribution in [2.75, 3.05) is 26.2 Å². The van der Waals surface area contributed by atoms with E-state index in [-0.39, 0.29) is 0 Å². The van der Waals surface area contributed by atoms with Crippen molar-refractivity contribution in [1.82, 2.24) is 25.0 Å². The molecule has 1 fully saturated rings. The van der Waals surface area contributed by atoms with Crippen LogP contribution in [0.5, 0.6) is 0 Å². The molecule has 0 aromatic carbocycles. The molecule has 5 nitrogen and oxygen atoms in total. The number of hydrogen-bond donors (Lipinski definition) is 1. The van der Waals surface area contributed by atoms with Crippen molar-refractivity contribution in [3.63, 3.8) is 0 Å². The third kappa shape index (κ3) is 4.28. The van der Waals surface area contributed by atoms with Crippen LogP contribution >= 0.6 is 0 Å². The van der Waals surface area contributed by atoms with E-state index in [0.717, 1.165) is 43.1 Å². The molecule has 0 saturated carbocycles. The first-order valence-corrected chi connectivity index (χ1v) is 7.84. The number of aromatic nitrogens is 3. The molecular formula is C15H29N5. The van der Waals surface area contributed by atoms with Crippen LogP contribution in [0.2, 0.25) is 0 Å². The maximum Gasteiger partial charge on any atom is 0.146 e. The highest BCUT2D eigenvalue weighted by atomic mass is 15.3. The van der Waals surface area contributed by atoms with Gasteiger partial charge in [0, 0.05) is 13.6 Å². The van der Waals surface area contributed by atoms with Crippen LogP contribution < -0.4 is 5.32 Å². The van der Waals surface area contributed by atoms with Crippen molar-refractivity contribution in [1.29, 1.82) is 0 Å². The highest BCUT2D eigenvalue weighted by Crippen LogP contribution is 2.17. The Morgan fingerprint density at radius 3 is 2.80 bits per heavy atom. The Morgan fingerprint density at radius 2 is 2.15 bits per heavy atom. The molecule has 1 aliphatic rings. The van der Waals surface area contributed by atoms with Gasteiger partial charge in [0.2, 0.25) is 0 Å². The standard InChI is InChI=1S/C15H29N5/c1-12(2)8-16-9-14-6-5-7-20(10-14)11-15-18-17-13(3)19(15)4/h12,14,16H,5-11H2,1-4H3. The maximum atomic E-state index is 4.28. The molecule has 1 N–H and O–H groups in total. The molecule has 1 aromatic heterocycles. The summed E-state index contributed by atoms with van der Waals surface area (Å²) in [6, 6.07) is 0. The smallest absolute Gasteiger partial charge is 0.146 e. The molecule has 20 heavy (non-hydrogen) atoms. The number of aryl methyl sites for hydroxylation is 1. The summed E-state index contributed by atoms with van der Waals surface area (Å²) in [5, 5.41) is 12.0. The number of nitrogens with zero attached hydrogens (tertiary/aromatic N) is 4. The Bertz CT molecular complexity index is 412. The van der Waals surface area contributed by atoms with Gasteiger partial charge >= 0.3 is 0 Å². The fourth-order valence-electron chi connectivity index (χ4n) is 2.83. The number of piperidine rings is 1. The average molecular weight is 279 g/mol. The van der Waals surface area contributed by atoms with Crippen LogP contribution in [0.25, 0.3) is 0 Å². The third-order valence-corrected chi connectivity index (χ3v) is 4.14. The van der Waals surface area contributed by atoms with Crippen molar-refractivity contribution in [3.8, 4) is 0 Å². The van der Waals surface area contributed by atoms with Gasteiger partial charge in [-0.05, 0) is 51.2 Å². The van der Waals surface area contributed by atoms with Gasteiger partial charge in [0.1, 0.15) is 11.6 Å². The van der Waals surface area contributed by atoms with Gasteiger partial charge in [0.05, 0.1) is 6.54 Å². The monoisotopic (exact) mass is 279 g/mol. The SMILES string of the molecule is Cc1nnc(CN2CCCC(CNCC(C)C)C2)n1C. The minimum Gasteiger partial charge on any atom is -0.317 e. The first-order chi connectivity index (χ1) is 9.56. The van der Waals surface area contributed by atoms with Gasteiger partial charge in [-0.3, -0.25) is 4.90 Å². The number of likely N-dealkylation sites (tertiary alicyclic amines) is 1. The minimum atomic E-state index is 0.733. The summed E-state index contributed by atoms with van der Waals surface area (Å²) in [5.74, 6) is 3.58. The second-order valence-electron chi connectivity index (χ2n) is 6.52. The zero-order chi connectivity index (χ0) is 14.5. The molecule has 0 bridgehead atoms. The summed E-state index contributed by atoms with van der Waals surface area (Å²) in [6.07, 6.45) is 2.64. The van der Waals surface area contributed by atoms with Crippen LogP contribution in [0.15, 0.2) is 0 Å². The highest BCUT2D eigenvalue weighted by molar-refractivity contribution is 4.93. The van der Waals surface area contributed by atoms with Crippen LogP contribution in [-0.4, -0.2) is 45.8 Å². The summed E-state index contributed by atoms with van der Waals surface area (Å²) < 4.78 is 2.10. The molecule has 1 atom stereocenters. The maximum absolute atomic E-state index is 4.28. The van der Waals surface area contributed by atoms with Gasteiger partial charge < -0.3 is 9.88 Å². The highest BCUT2D eigenvalue weighted by Gasteiger charge is 2.21. The molecular weight excluding hydrogens is 250 g/mol. The molecule has 2 rings (SSSR count). The second kappa shape index (κ2) is 7.18. The molecule has 1 aliphatic heterocycles. The van der Waals surface area contributed by atoms with E-state index in [4.69, 9.17) is 0 Å². The average Bonchev–Trinajstić information content (AvgIpc) is 2.71. The van der Waals surface area contributed by atoms with E-state index < -0.39 is 0 Å². The molecule has 0 aliphatic carbocycles. The van der Waals surface area contributed by atoms with Crippen molar-refractivity contribution < 1.29 is 0 Å². The van der Waals surface area contributed by atoms with E-state index >= 15 is 0 Å². The van der Waals surface area contributed by atoms with Crippen molar-refractivity contribution in [3.05, 3.63) is 11.6 Å². The molecule has 0 radical (unpaired) electrons. The van der Waals surface area contributed by atoms with Crippen LogP contribution in [0.1, 0.15) is 38.3 Å². The normalized spacial score (nSPS) is 20.8. The predicted molar refractivity (Wildman–Crippen MR) is 81.4 cm³/mol. The van der Waals surface area contributed by atoms with Crippen LogP contribution in [0, 0.1) is 18.8 Å². The lowest BCUT2D eigenvalue weighted by Gasteiger charge is -2.32. The molecule has 1 saturated heterocycles. The van der Waals surface area contributed by atoms with Crippen LogP contribution in [-0.2, 0) is 13.6 Å². The number of nitrogens with one attached hydrogen (secondary N) is 1. The van der Waals surface area contributed by atoms with Gasteiger partial charge in [-0.2, -0.15) is 0 Å². The van der Waals surface area contributed by atoms with E-state index in [1.54, 1.807) is 0 Å². The van der Waals surface area contributed by atoms with Crippen molar-refractivity contribution >= 4 is 0 Å². The van der Waals surface area contributed by atoms with Gasteiger partial charge in [-0.25, -0.2) is 0 Å². The molecule has 1 aromatic rings. The first-order valence-electron chi connectivity index (χ1n) is 7.84. The van der Waals surface area contributed by atoms with E-state index in [1.165, 1.54) is 25.9 Å². The Morgan fingerprint density at radius 1 is 1.35 bits per heavy atom. The molecule has 0 spiro atoms. The zero-order valence-electron chi connectivity index (χ0n) is 13.4. The Balaban J connectivity index is 1.80. The summed E-state index contributed by atoms with van der Waals surface area (Å²) in [4.78, 5) is 2.52. The lowest BCUT2D eigenvalue weighted by Crippen LogP contribution is -2.40. The fraction of sp³-hybridized carbons (Fsp3) is 0.867. The third-order valence-electron chi connectivity index (χ3n) is 4.14. The van der Waals surface area contributed by atoms with Crippen LogP contribution in [0.3, 0.4) is 0 Å². The quantitative estimate of drug-likeness (QED) is 0.859. The lowest BCUT2D eigenvalue weighted by atomic mass is 9.98. The van der Waals surface area contributed by atoms with Gasteiger partial charge in [0.15, 0.2) is 0 Å². The second-order valence-corrected chi connectivity index (χ2v) is 6.52. The van der Waals surface area contributed by atoms with E-state index in [0.29, 0.717) is 0 Å². The van der Waals surface area contributed by atoms with Gasteiger partial charge in [-0.1, -0.05) is 13.8 Å². The topological polar surface area (TPSA) is 46.0 Å². The Labute approximate surface area is 122 Å². The lowest BCUT2D eigenvalue weighted by molar-refractivity contribution is 0.160. The molecule has 1 unspecified atom stereocenters. The molecule has 5 heteroatoms. The van der Waals surface area contributed by atoms with Crippen molar-refractivity contribution in [2.24, 2.45) is 18.9 Å². The minimum absolute atomic E-state index is 0.733. The van der Waals surface area contributed by atoms with Gasteiger partial charge in [-0.15, -0.1) is 10.2 Å². The van der Waals surface area contributed by atoms with Crippen LogP contribution in [0.4, 0.5) is 0 Å². The predicted octanol–water partition coefficient (Wildman–Crippen LogP) is 1.58. The Hall–Kier alpha value is -0.940. The summed E-state index contributed by atoms with van der Waals surface area (Å²) in [7, 11) is 2.05.